The highest BCUT2D eigenvalue weighted by molar-refractivity contribution is 9.13. The van der Waals surface area contributed by atoms with E-state index in [0.29, 0.717) is 0 Å². The average molecular weight is 399 g/mol. The summed E-state index contributed by atoms with van der Waals surface area (Å²) in [6.07, 6.45) is 1.97. The van der Waals surface area contributed by atoms with Crippen LogP contribution in [-0.2, 0) is 6.42 Å². The van der Waals surface area contributed by atoms with Gasteiger partial charge in [0.15, 0.2) is 5.82 Å². The summed E-state index contributed by atoms with van der Waals surface area (Å²) < 4.78 is 2.03. The largest absolute Gasteiger partial charge is 0.370 e. The van der Waals surface area contributed by atoms with Crippen LogP contribution in [0.4, 0.5) is 5.82 Å². The lowest BCUT2D eigenvalue weighted by Crippen LogP contribution is -2.05. The zero-order valence-electron chi connectivity index (χ0n) is 11.6. The highest BCUT2D eigenvalue weighted by Crippen LogP contribution is 2.28. The van der Waals surface area contributed by atoms with E-state index in [1.54, 1.807) is 0 Å². The van der Waals surface area contributed by atoms with Gasteiger partial charge in [-0.25, -0.2) is 9.97 Å². The van der Waals surface area contributed by atoms with Gasteiger partial charge in [0.05, 0.1) is 0 Å². The van der Waals surface area contributed by atoms with Crippen LogP contribution < -0.4 is 5.32 Å². The van der Waals surface area contributed by atoms with Gasteiger partial charge in [-0.3, -0.25) is 0 Å². The molecule has 0 aliphatic rings. The van der Waals surface area contributed by atoms with Crippen LogP contribution in [0.15, 0.2) is 33.2 Å². The molecule has 20 heavy (non-hydrogen) atoms. The zero-order chi connectivity index (χ0) is 14.5. The summed E-state index contributed by atoms with van der Waals surface area (Å²) in [5, 5.41) is 3.33. The van der Waals surface area contributed by atoms with Crippen LogP contribution in [-0.4, -0.2) is 16.5 Å². The Kier molecular flexibility index (Phi) is 5.54. The Balaban J connectivity index is 2.41. The van der Waals surface area contributed by atoms with E-state index in [9.17, 15) is 0 Å². The molecule has 0 saturated carbocycles. The highest BCUT2D eigenvalue weighted by Gasteiger charge is 2.08. The number of rotatable bonds is 5. The van der Waals surface area contributed by atoms with Crippen LogP contribution in [0.2, 0.25) is 0 Å². The lowest BCUT2D eigenvalue weighted by Gasteiger charge is -2.09. The Morgan fingerprint density at radius 2 is 1.85 bits per heavy atom. The first kappa shape index (κ1) is 15.4. The summed E-state index contributed by atoms with van der Waals surface area (Å²) in [4.78, 5) is 9.22. The van der Waals surface area contributed by atoms with Gasteiger partial charge >= 0.3 is 0 Å². The second-order valence-corrected chi connectivity index (χ2v) is 6.19. The molecule has 2 aromatic rings. The molecular weight excluding hydrogens is 382 g/mol. The molecule has 0 aliphatic heterocycles. The molecule has 5 heteroatoms. The van der Waals surface area contributed by atoms with E-state index in [1.807, 2.05) is 24.3 Å². The van der Waals surface area contributed by atoms with Crippen LogP contribution in [0.3, 0.4) is 0 Å². The molecule has 1 N–H and O–H groups in total. The Hall–Kier alpha value is -0.940. The van der Waals surface area contributed by atoms with Gasteiger partial charge in [0.25, 0.3) is 0 Å². The van der Waals surface area contributed by atoms with Crippen LogP contribution in [0.5, 0.6) is 0 Å². The van der Waals surface area contributed by atoms with Crippen LogP contribution in [0.1, 0.15) is 26.0 Å². The van der Waals surface area contributed by atoms with Gasteiger partial charge in [0, 0.05) is 32.8 Å². The predicted molar refractivity (Wildman–Crippen MR) is 91.0 cm³/mol. The van der Waals surface area contributed by atoms with Crippen molar-refractivity contribution in [2.45, 2.75) is 26.7 Å². The van der Waals surface area contributed by atoms with E-state index in [-0.39, 0.29) is 0 Å². The second kappa shape index (κ2) is 7.18. The van der Waals surface area contributed by atoms with Crippen LogP contribution >= 0.6 is 31.9 Å². The maximum Gasteiger partial charge on any atom is 0.161 e. The highest BCUT2D eigenvalue weighted by atomic mass is 79.9. The SMILES string of the molecule is CCCNc1cc(CC)nc(-c2ccc(Br)c(Br)c2)n1. The van der Waals surface area contributed by atoms with Gasteiger partial charge in [0.2, 0.25) is 0 Å². The van der Waals surface area contributed by atoms with E-state index < -0.39 is 0 Å². The molecule has 0 radical (unpaired) electrons. The first-order valence-electron chi connectivity index (χ1n) is 6.71. The number of halogens is 2. The summed E-state index contributed by atoms with van der Waals surface area (Å²) in [7, 11) is 0. The minimum absolute atomic E-state index is 0.760. The third-order valence-corrected chi connectivity index (χ3v) is 4.76. The minimum Gasteiger partial charge on any atom is -0.370 e. The molecule has 0 fully saturated rings. The number of nitrogens with one attached hydrogen (secondary N) is 1. The fourth-order valence-electron chi connectivity index (χ4n) is 1.79. The lowest BCUT2D eigenvalue weighted by molar-refractivity contribution is 0.951. The average Bonchev–Trinajstić information content (AvgIpc) is 2.47. The van der Waals surface area contributed by atoms with Crippen molar-refractivity contribution in [3.05, 3.63) is 38.9 Å². The van der Waals surface area contributed by atoms with Gasteiger partial charge in [-0.05, 0) is 62.9 Å². The van der Waals surface area contributed by atoms with Crippen LogP contribution in [0, 0.1) is 0 Å². The quantitative estimate of drug-likeness (QED) is 0.765. The smallest absolute Gasteiger partial charge is 0.161 e. The molecule has 0 atom stereocenters. The molecule has 1 aromatic carbocycles. The molecule has 1 aromatic heterocycles. The van der Waals surface area contributed by atoms with Crippen molar-refractivity contribution in [1.29, 1.82) is 0 Å². The van der Waals surface area contributed by atoms with Crippen molar-refractivity contribution in [3.63, 3.8) is 0 Å². The zero-order valence-corrected chi connectivity index (χ0v) is 14.8. The van der Waals surface area contributed by atoms with E-state index in [2.05, 4.69) is 61.0 Å². The fraction of sp³-hybridized carbons (Fsp3) is 0.333. The molecule has 106 valence electrons. The molecule has 2 rings (SSSR count). The molecule has 3 nitrogen and oxygen atoms in total. The Morgan fingerprint density at radius 3 is 2.50 bits per heavy atom. The topological polar surface area (TPSA) is 37.8 Å². The lowest BCUT2D eigenvalue weighted by atomic mass is 10.2. The van der Waals surface area contributed by atoms with Crippen molar-refractivity contribution in [1.82, 2.24) is 9.97 Å². The van der Waals surface area contributed by atoms with E-state index in [1.165, 1.54) is 0 Å². The number of hydrogen-bond donors (Lipinski definition) is 1. The van der Waals surface area contributed by atoms with Gasteiger partial charge in [-0.15, -0.1) is 0 Å². The Labute approximate surface area is 136 Å². The number of aryl methyl sites for hydroxylation is 1. The van der Waals surface area contributed by atoms with Crippen molar-refractivity contribution in [2.24, 2.45) is 0 Å². The normalized spacial score (nSPS) is 10.6. The van der Waals surface area contributed by atoms with Gasteiger partial charge < -0.3 is 5.32 Å². The third kappa shape index (κ3) is 3.79. The van der Waals surface area contributed by atoms with E-state index >= 15 is 0 Å². The number of hydrogen-bond acceptors (Lipinski definition) is 3. The Morgan fingerprint density at radius 1 is 1.05 bits per heavy atom. The van der Waals surface area contributed by atoms with Gasteiger partial charge in [0.1, 0.15) is 5.82 Å². The second-order valence-electron chi connectivity index (χ2n) is 4.48. The number of nitrogens with zero attached hydrogens (tertiary/aromatic N) is 2. The summed E-state index contributed by atoms with van der Waals surface area (Å²) in [6, 6.07) is 8.07. The number of anilines is 1. The maximum atomic E-state index is 4.61. The number of aromatic nitrogens is 2. The van der Waals surface area contributed by atoms with Gasteiger partial charge in [-0.2, -0.15) is 0 Å². The van der Waals surface area contributed by atoms with Crippen molar-refractivity contribution < 1.29 is 0 Å². The van der Waals surface area contributed by atoms with E-state index in [4.69, 9.17) is 0 Å². The summed E-state index contributed by atoms with van der Waals surface area (Å²) in [5.74, 6) is 1.66. The van der Waals surface area contributed by atoms with E-state index in [0.717, 1.165) is 51.2 Å². The first-order valence-corrected chi connectivity index (χ1v) is 8.30. The molecule has 0 unspecified atom stereocenters. The molecule has 0 aliphatic carbocycles. The van der Waals surface area contributed by atoms with Crippen molar-refractivity contribution in [2.75, 3.05) is 11.9 Å². The fourth-order valence-corrected chi connectivity index (χ4v) is 2.41. The standard InChI is InChI=1S/C15H17Br2N3/c1-3-7-18-14-9-11(4-2)19-15(20-14)10-5-6-12(16)13(17)8-10/h5-6,8-9H,3-4,7H2,1-2H3,(H,18,19,20). The molecule has 1 heterocycles. The van der Waals surface area contributed by atoms with Crippen molar-refractivity contribution >= 4 is 37.7 Å². The monoisotopic (exact) mass is 397 g/mol. The predicted octanol–water partition coefficient (Wildman–Crippen LogP) is 5.05. The summed E-state index contributed by atoms with van der Waals surface area (Å²) >= 11 is 7.00. The van der Waals surface area contributed by atoms with Crippen LogP contribution in [0.25, 0.3) is 11.4 Å². The number of benzene rings is 1. The Bertz CT molecular complexity index is 600. The molecule has 0 saturated heterocycles. The molecule has 0 bridgehead atoms. The molecule has 0 spiro atoms. The third-order valence-electron chi connectivity index (χ3n) is 2.88. The van der Waals surface area contributed by atoms with Gasteiger partial charge in [-0.1, -0.05) is 13.8 Å². The van der Waals surface area contributed by atoms with Crippen molar-refractivity contribution in [3.8, 4) is 11.4 Å². The summed E-state index contributed by atoms with van der Waals surface area (Å²) in [6.45, 7) is 5.17. The first-order chi connectivity index (χ1) is 9.63. The maximum absolute atomic E-state index is 4.61. The minimum atomic E-state index is 0.760. The molecular formula is C15H17Br2N3. The summed E-state index contributed by atoms with van der Waals surface area (Å²) in [5.41, 5.74) is 2.06. The molecule has 0 amide bonds.